The van der Waals surface area contributed by atoms with Crippen molar-refractivity contribution in [1.82, 2.24) is 15.4 Å². The minimum absolute atomic E-state index is 0.0974. The van der Waals surface area contributed by atoms with Gasteiger partial charge in [0.25, 0.3) is 5.91 Å². The van der Waals surface area contributed by atoms with Crippen molar-refractivity contribution in [1.29, 1.82) is 0 Å². The number of carbonyl (C=O) groups excluding carboxylic acids is 1. The van der Waals surface area contributed by atoms with Crippen LogP contribution in [0.3, 0.4) is 0 Å². The van der Waals surface area contributed by atoms with Crippen LogP contribution in [0, 0.1) is 12.7 Å². The van der Waals surface area contributed by atoms with Crippen molar-refractivity contribution in [3.8, 4) is 5.75 Å². The van der Waals surface area contributed by atoms with E-state index in [9.17, 15) is 9.18 Å². The van der Waals surface area contributed by atoms with Crippen LogP contribution >= 0.6 is 0 Å². The lowest BCUT2D eigenvalue weighted by molar-refractivity contribution is 0.0871. The van der Waals surface area contributed by atoms with E-state index in [1.54, 1.807) is 19.1 Å². The molecule has 1 aromatic carbocycles. The zero-order chi connectivity index (χ0) is 19.0. The lowest BCUT2D eigenvalue weighted by atomic mass is 9.98. The number of aryl methyl sites for hydroxylation is 1. The number of piperidine rings is 1. The molecule has 7 heteroatoms. The summed E-state index contributed by atoms with van der Waals surface area (Å²) in [6.45, 7) is 1.84. The highest BCUT2D eigenvalue weighted by molar-refractivity contribution is 5.94. The van der Waals surface area contributed by atoms with Crippen molar-refractivity contribution in [2.24, 2.45) is 0 Å². The van der Waals surface area contributed by atoms with E-state index in [4.69, 9.17) is 9.26 Å². The largest absolute Gasteiger partial charge is 0.489 e. The molecule has 2 aromatic rings. The molecule has 0 spiro atoms. The molecule has 2 aliphatic rings. The van der Waals surface area contributed by atoms with Gasteiger partial charge in [-0.05, 0) is 51.8 Å². The highest BCUT2D eigenvalue weighted by Crippen LogP contribution is 2.34. The van der Waals surface area contributed by atoms with Crippen molar-refractivity contribution >= 4 is 5.91 Å². The number of halogens is 1. The molecule has 2 unspecified atom stereocenters. The summed E-state index contributed by atoms with van der Waals surface area (Å²) in [6.07, 6.45) is 4.32. The van der Waals surface area contributed by atoms with E-state index >= 15 is 0 Å². The van der Waals surface area contributed by atoms with E-state index in [2.05, 4.69) is 22.4 Å². The average molecular weight is 373 g/mol. The van der Waals surface area contributed by atoms with E-state index in [1.165, 1.54) is 25.0 Å². The van der Waals surface area contributed by atoms with Crippen LogP contribution in [0.1, 0.15) is 47.5 Å². The number of hydrogen-bond donors (Lipinski definition) is 1. The SMILES string of the molecule is Cc1onc(C(=O)NC2CC3CCC(C2)N3C)c1COc1cccc(F)c1. The van der Waals surface area contributed by atoms with Gasteiger partial charge in [-0.25, -0.2) is 4.39 Å². The number of benzene rings is 1. The molecule has 6 nitrogen and oxygen atoms in total. The zero-order valence-electron chi connectivity index (χ0n) is 15.6. The molecule has 2 atom stereocenters. The number of carbonyl (C=O) groups is 1. The fourth-order valence-electron chi connectivity index (χ4n) is 4.23. The molecule has 2 bridgehead atoms. The average Bonchev–Trinajstić information content (AvgIpc) is 3.08. The fraction of sp³-hybridized carbons (Fsp3) is 0.500. The molecule has 1 N–H and O–H groups in total. The predicted molar refractivity (Wildman–Crippen MR) is 97.0 cm³/mol. The van der Waals surface area contributed by atoms with Crippen molar-refractivity contribution < 1.29 is 18.4 Å². The molecule has 2 fully saturated rings. The second-order valence-electron chi connectivity index (χ2n) is 7.50. The van der Waals surface area contributed by atoms with Crippen LogP contribution in [0.25, 0.3) is 0 Å². The third kappa shape index (κ3) is 3.69. The number of hydrogen-bond acceptors (Lipinski definition) is 5. The van der Waals surface area contributed by atoms with Crippen molar-refractivity contribution in [2.45, 2.75) is 57.3 Å². The Balaban J connectivity index is 1.42. The van der Waals surface area contributed by atoms with Gasteiger partial charge in [-0.1, -0.05) is 11.2 Å². The minimum atomic E-state index is -0.371. The van der Waals surface area contributed by atoms with E-state index in [1.807, 2.05) is 0 Å². The summed E-state index contributed by atoms with van der Waals surface area (Å²) in [7, 11) is 2.17. The molecule has 0 saturated carbocycles. The first-order valence-corrected chi connectivity index (χ1v) is 9.37. The fourth-order valence-corrected chi connectivity index (χ4v) is 4.23. The monoisotopic (exact) mass is 373 g/mol. The molecule has 0 radical (unpaired) electrons. The summed E-state index contributed by atoms with van der Waals surface area (Å²) >= 11 is 0. The van der Waals surface area contributed by atoms with Gasteiger partial charge in [-0.15, -0.1) is 0 Å². The first-order chi connectivity index (χ1) is 13.0. The van der Waals surface area contributed by atoms with Gasteiger partial charge in [-0.3, -0.25) is 4.79 Å². The van der Waals surface area contributed by atoms with Crippen molar-refractivity contribution in [3.05, 3.63) is 47.1 Å². The lowest BCUT2D eigenvalue weighted by Gasteiger charge is -2.36. The molecule has 2 aliphatic heterocycles. The Hall–Kier alpha value is -2.41. The van der Waals surface area contributed by atoms with E-state index < -0.39 is 0 Å². The Morgan fingerprint density at radius 3 is 2.81 bits per heavy atom. The van der Waals surface area contributed by atoms with Gasteiger partial charge in [0.1, 0.15) is 23.9 Å². The molecule has 144 valence electrons. The van der Waals surface area contributed by atoms with Gasteiger partial charge in [-0.2, -0.15) is 0 Å². The second-order valence-corrected chi connectivity index (χ2v) is 7.50. The Morgan fingerprint density at radius 1 is 1.37 bits per heavy atom. The Bertz CT molecular complexity index is 824. The van der Waals surface area contributed by atoms with E-state index in [0.717, 1.165) is 12.8 Å². The highest BCUT2D eigenvalue weighted by Gasteiger charge is 2.39. The molecule has 27 heavy (non-hydrogen) atoms. The number of nitrogens with one attached hydrogen (secondary N) is 1. The van der Waals surface area contributed by atoms with Gasteiger partial charge in [0.2, 0.25) is 0 Å². The summed E-state index contributed by atoms with van der Waals surface area (Å²) in [5, 5.41) is 7.04. The molecule has 4 rings (SSSR count). The second kappa shape index (κ2) is 7.31. The summed E-state index contributed by atoms with van der Waals surface area (Å²) in [6, 6.07) is 7.14. The van der Waals surface area contributed by atoms with Crippen LogP contribution in [0.5, 0.6) is 5.75 Å². The van der Waals surface area contributed by atoms with Gasteiger partial charge >= 0.3 is 0 Å². The molecule has 0 aliphatic carbocycles. The maximum Gasteiger partial charge on any atom is 0.274 e. The third-order valence-corrected chi connectivity index (χ3v) is 5.81. The summed E-state index contributed by atoms with van der Waals surface area (Å²) in [5.41, 5.74) is 0.836. The van der Waals surface area contributed by atoms with Crippen LogP contribution in [0.4, 0.5) is 4.39 Å². The molecule has 1 aromatic heterocycles. The number of aromatic nitrogens is 1. The maximum absolute atomic E-state index is 13.3. The lowest BCUT2D eigenvalue weighted by Crippen LogP contribution is -2.48. The summed E-state index contributed by atoms with van der Waals surface area (Å²) in [5.74, 6) is 0.317. The summed E-state index contributed by atoms with van der Waals surface area (Å²) < 4.78 is 24.1. The third-order valence-electron chi connectivity index (χ3n) is 5.81. The molecular formula is C20H24FN3O3. The van der Waals surface area contributed by atoms with E-state index in [0.29, 0.717) is 29.2 Å². The standard InChI is InChI=1S/C20H24FN3O3/c1-12-18(11-26-17-5-3-4-13(21)8-17)19(23-27-12)20(25)22-14-9-15-6-7-16(10-14)24(15)2/h3-5,8,14-16H,6-7,9-11H2,1-2H3,(H,22,25). The number of nitrogens with zero attached hydrogens (tertiary/aromatic N) is 2. The zero-order valence-corrected chi connectivity index (χ0v) is 15.6. The van der Waals surface area contributed by atoms with Gasteiger partial charge in [0.15, 0.2) is 5.69 Å². The van der Waals surface area contributed by atoms with Crippen LogP contribution in [0.15, 0.2) is 28.8 Å². The Kier molecular flexibility index (Phi) is 4.86. The topological polar surface area (TPSA) is 67.6 Å². The van der Waals surface area contributed by atoms with Gasteiger partial charge in [0.05, 0.1) is 5.56 Å². The first-order valence-electron chi connectivity index (χ1n) is 9.37. The summed E-state index contributed by atoms with van der Waals surface area (Å²) in [4.78, 5) is 15.2. The van der Waals surface area contributed by atoms with Crippen molar-refractivity contribution in [3.63, 3.8) is 0 Å². The van der Waals surface area contributed by atoms with Gasteiger partial charge < -0.3 is 19.5 Å². The van der Waals surface area contributed by atoms with Crippen LogP contribution in [-0.2, 0) is 6.61 Å². The molecular weight excluding hydrogens is 349 g/mol. The minimum Gasteiger partial charge on any atom is -0.489 e. The van der Waals surface area contributed by atoms with Crippen LogP contribution in [0.2, 0.25) is 0 Å². The number of fused-ring (bicyclic) bond motifs is 2. The highest BCUT2D eigenvalue weighted by atomic mass is 19.1. The van der Waals surface area contributed by atoms with Crippen molar-refractivity contribution in [2.75, 3.05) is 7.05 Å². The number of rotatable bonds is 5. The van der Waals surface area contributed by atoms with Crippen LogP contribution < -0.4 is 10.1 Å². The Morgan fingerprint density at radius 2 is 2.11 bits per heavy atom. The first kappa shape index (κ1) is 18.0. The molecule has 2 saturated heterocycles. The maximum atomic E-state index is 13.3. The normalized spacial score (nSPS) is 24.8. The Labute approximate surface area is 157 Å². The smallest absolute Gasteiger partial charge is 0.274 e. The number of ether oxygens (including phenoxy) is 1. The van der Waals surface area contributed by atoms with E-state index in [-0.39, 0.29) is 30.1 Å². The number of amides is 1. The predicted octanol–water partition coefficient (Wildman–Crippen LogP) is 3.06. The van der Waals surface area contributed by atoms with Gasteiger partial charge in [0, 0.05) is 24.2 Å². The van der Waals surface area contributed by atoms with Crippen LogP contribution in [-0.4, -0.2) is 41.1 Å². The molecule has 1 amide bonds. The quantitative estimate of drug-likeness (QED) is 0.873. The molecule has 3 heterocycles.